The molecule has 0 unspecified atom stereocenters. The lowest BCUT2D eigenvalue weighted by molar-refractivity contribution is 0.438. The van der Waals surface area contributed by atoms with Gasteiger partial charge in [0.1, 0.15) is 0 Å². The van der Waals surface area contributed by atoms with Gasteiger partial charge in [-0.1, -0.05) is 19.1 Å². The quantitative estimate of drug-likeness (QED) is 0.364. The Bertz CT molecular complexity index is 762. The van der Waals surface area contributed by atoms with E-state index in [0.717, 1.165) is 25.0 Å². The summed E-state index contributed by atoms with van der Waals surface area (Å²) in [5.74, 6) is 1.78. The number of aliphatic imine (C=N–C) groups is 1. The summed E-state index contributed by atoms with van der Waals surface area (Å²) in [6.45, 7) is 9.10. The third-order valence-corrected chi connectivity index (χ3v) is 5.37. The highest BCUT2D eigenvalue weighted by atomic mass is 127. The first-order chi connectivity index (χ1) is 13.5. The number of aryl methyl sites for hydroxylation is 1. The van der Waals surface area contributed by atoms with Crippen molar-refractivity contribution in [2.24, 2.45) is 18.0 Å². The molecule has 0 spiro atoms. The predicted octanol–water partition coefficient (Wildman–Crippen LogP) is 3.87. The summed E-state index contributed by atoms with van der Waals surface area (Å²) < 4.78 is 1.83. The Kier molecular flexibility index (Phi) is 9.26. The molecule has 1 aliphatic rings. The zero-order valence-corrected chi connectivity index (χ0v) is 20.5. The van der Waals surface area contributed by atoms with Crippen LogP contribution in [0.1, 0.15) is 37.8 Å². The number of hydrogen-bond acceptors (Lipinski definition) is 3. The Balaban J connectivity index is 0.00000300. The fourth-order valence-corrected chi connectivity index (χ4v) is 3.62. The summed E-state index contributed by atoms with van der Waals surface area (Å²) >= 11 is 0. The highest BCUT2D eigenvalue weighted by molar-refractivity contribution is 14.0. The molecule has 1 aromatic heterocycles. The second-order valence-corrected chi connectivity index (χ2v) is 7.88. The molecule has 2 aromatic rings. The van der Waals surface area contributed by atoms with E-state index in [4.69, 9.17) is 4.99 Å². The monoisotopic (exact) mass is 510 g/mol. The van der Waals surface area contributed by atoms with Gasteiger partial charge in [-0.05, 0) is 43.4 Å². The molecule has 0 radical (unpaired) electrons. The smallest absolute Gasteiger partial charge is 0.194 e. The highest BCUT2D eigenvalue weighted by Gasteiger charge is 2.15. The van der Waals surface area contributed by atoms with Gasteiger partial charge in [-0.25, -0.2) is 4.99 Å². The molecular weight excluding hydrogens is 475 g/mol. The first-order valence-corrected chi connectivity index (χ1v) is 10.4. The van der Waals surface area contributed by atoms with Crippen molar-refractivity contribution in [3.8, 4) is 0 Å². The lowest BCUT2D eigenvalue weighted by Crippen LogP contribution is -2.38. The van der Waals surface area contributed by atoms with Crippen molar-refractivity contribution >= 4 is 35.6 Å². The van der Waals surface area contributed by atoms with Gasteiger partial charge in [0.25, 0.3) is 0 Å². The zero-order valence-electron chi connectivity index (χ0n) is 18.1. The number of benzene rings is 1. The van der Waals surface area contributed by atoms with Gasteiger partial charge in [0, 0.05) is 57.7 Å². The van der Waals surface area contributed by atoms with Crippen LogP contribution >= 0.6 is 24.0 Å². The molecule has 1 aromatic carbocycles. The molecule has 1 saturated heterocycles. The molecule has 1 aliphatic heterocycles. The number of guanidine groups is 1. The molecule has 29 heavy (non-hydrogen) atoms. The second-order valence-electron chi connectivity index (χ2n) is 7.88. The van der Waals surface area contributed by atoms with Crippen LogP contribution in [0, 0.1) is 5.92 Å². The normalized spacial score (nSPS) is 15.2. The second kappa shape index (κ2) is 11.4. The topological polar surface area (TPSA) is 48.7 Å². The van der Waals surface area contributed by atoms with Gasteiger partial charge in [-0.2, -0.15) is 5.10 Å². The minimum Gasteiger partial charge on any atom is -0.372 e. The summed E-state index contributed by atoms with van der Waals surface area (Å²) in [5, 5.41) is 7.63. The summed E-state index contributed by atoms with van der Waals surface area (Å²) in [6.07, 6.45) is 6.53. The molecule has 1 fully saturated rings. The van der Waals surface area contributed by atoms with Crippen molar-refractivity contribution in [2.45, 2.75) is 39.8 Å². The van der Waals surface area contributed by atoms with Crippen molar-refractivity contribution in [1.82, 2.24) is 20.0 Å². The van der Waals surface area contributed by atoms with E-state index in [1.165, 1.54) is 42.7 Å². The Hall–Kier alpha value is -1.77. The Morgan fingerprint density at radius 2 is 1.90 bits per heavy atom. The van der Waals surface area contributed by atoms with E-state index in [1.54, 1.807) is 0 Å². The van der Waals surface area contributed by atoms with Gasteiger partial charge in [0.15, 0.2) is 5.96 Å². The van der Waals surface area contributed by atoms with E-state index in [0.29, 0.717) is 6.54 Å². The largest absolute Gasteiger partial charge is 0.372 e. The molecule has 0 aliphatic carbocycles. The highest BCUT2D eigenvalue weighted by Crippen LogP contribution is 2.23. The van der Waals surface area contributed by atoms with Gasteiger partial charge in [0.05, 0.1) is 12.7 Å². The first kappa shape index (κ1) is 23.5. The molecule has 0 amide bonds. The van der Waals surface area contributed by atoms with E-state index in [9.17, 15) is 0 Å². The van der Waals surface area contributed by atoms with Crippen LogP contribution in [-0.2, 0) is 20.1 Å². The minimum absolute atomic E-state index is 0. The van der Waals surface area contributed by atoms with Crippen LogP contribution in [0.4, 0.5) is 5.69 Å². The maximum absolute atomic E-state index is 4.83. The molecule has 7 heteroatoms. The fourth-order valence-electron chi connectivity index (χ4n) is 3.62. The van der Waals surface area contributed by atoms with E-state index in [-0.39, 0.29) is 24.0 Å². The number of rotatable bonds is 6. The van der Waals surface area contributed by atoms with Crippen molar-refractivity contribution < 1.29 is 0 Å². The zero-order chi connectivity index (χ0) is 19.9. The van der Waals surface area contributed by atoms with Crippen molar-refractivity contribution in [2.75, 3.05) is 31.6 Å². The molecule has 0 bridgehead atoms. The average Bonchev–Trinajstić information content (AvgIpc) is 3.10. The average molecular weight is 510 g/mol. The predicted molar refractivity (Wildman–Crippen MR) is 132 cm³/mol. The molecule has 1 N–H and O–H groups in total. The molecule has 160 valence electrons. The number of nitrogens with zero attached hydrogens (tertiary/aromatic N) is 5. The third-order valence-electron chi connectivity index (χ3n) is 5.37. The van der Waals surface area contributed by atoms with Gasteiger partial charge in [-0.15, -0.1) is 24.0 Å². The van der Waals surface area contributed by atoms with E-state index < -0.39 is 0 Å². The summed E-state index contributed by atoms with van der Waals surface area (Å²) in [7, 11) is 4.01. The molecule has 3 rings (SSSR count). The minimum atomic E-state index is 0. The van der Waals surface area contributed by atoms with Crippen LogP contribution in [0.2, 0.25) is 0 Å². The standard InChI is InChI=1S/C22H34N6.HI/c1-5-23-22(26(3)16-20-15-25-27(4)17-20)24-14-19-6-8-21(9-7-19)28-12-10-18(2)11-13-28;/h6-9,15,17-18H,5,10-14,16H2,1-4H3,(H,23,24);1H. The molecular formula is C22H35IN6. The van der Waals surface area contributed by atoms with Crippen molar-refractivity contribution in [1.29, 1.82) is 0 Å². The van der Waals surface area contributed by atoms with Gasteiger partial charge in [-0.3, -0.25) is 4.68 Å². The van der Waals surface area contributed by atoms with Crippen LogP contribution in [-0.4, -0.2) is 47.3 Å². The van der Waals surface area contributed by atoms with Crippen LogP contribution < -0.4 is 10.2 Å². The summed E-state index contributed by atoms with van der Waals surface area (Å²) in [4.78, 5) is 9.47. The van der Waals surface area contributed by atoms with Gasteiger partial charge < -0.3 is 15.1 Å². The number of aromatic nitrogens is 2. The van der Waals surface area contributed by atoms with Gasteiger partial charge >= 0.3 is 0 Å². The van der Waals surface area contributed by atoms with E-state index in [1.807, 2.05) is 24.1 Å². The SMILES string of the molecule is CCNC(=NCc1ccc(N2CCC(C)CC2)cc1)N(C)Cc1cnn(C)c1.I. The number of piperidine rings is 1. The Labute approximate surface area is 192 Å². The molecule has 0 saturated carbocycles. The van der Waals surface area contributed by atoms with E-state index in [2.05, 4.69) is 65.4 Å². The number of nitrogens with one attached hydrogen (secondary N) is 1. The lowest BCUT2D eigenvalue weighted by Gasteiger charge is -2.32. The summed E-state index contributed by atoms with van der Waals surface area (Å²) in [5.41, 5.74) is 3.75. The van der Waals surface area contributed by atoms with Gasteiger partial charge in [0.2, 0.25) is 0 Å². The summed E-state index contributed by atoms with van der Waals surface area (Å²) in [6, 6.07) is 8.91. The number of halogens is 1. The Morgan fingerprint density at radius 3 is 2.48 bits per heavy atom. The van der Waals surface area contributed by atoms with Crippen LogP contribution in [0.3, 0.4) is 0 Å². The van der Waals surface area contributed by atoms with Crippen LogP contribution in [0.15, 0.2) is 41.7 Å². The third kappa shape index (κ3) is 6.90. The van der Waals surface area contributed by atoms with Crippen molar-refractivity contribution in [3.63, 3.8) is 0 Å². The molecule has 6 nitrogen and oxygen atoms in total. The van der Waals surface area contributed by atoms with Crippen LogP contribution in [0.25, 0.3) is 0 Å². The maximum Gasteiger partial charge on any atom is 0.194 e. The molecule has 2 heterocycles. The maximum atomic E-state index is 4.83. The first-order valence-electron chi connectivity index (χ1n) is 10.4. The number of hydrogen-bond donors (Lipinski definition) is 1. The van der Waals surface area contributed by atoms with Crippen molar-refractivity contribution in [3.05, 3.63) is 47.8 Å². The Morgan fingerprint density at radius 1 is 1.21 bits per heavy atom. The molecule has 0 atom stereocenters. The van der Waals surface area contributed by atoms with E-state index >= 15 is 0 Å². The van der Waals surface area contributed by atoms with Crippen LogP contribution in [0.5, 0.6) is 0 Å². The number of anilines is 1. The lowest BCUT2D eigenvalue weighted by atomic mass is 9.99. The fraction of sp³-hybridized carbons (Fsp3) is 0.545.